The summed E-state index contributed by atoms with van der Waals surface area (Å²) in [6.07, 6.45) is 4.64. The van der Waals surface area contributed by atoms with E-state index in [1.807, 2.05) is 27.7 Å². The molecule has 0 aromatic heterocycles. The molecule has 0 aromatic rings. The minimum absolute atomic E-state index is 0.105. The van der Waals surface area contributed by atoms with Gasteiger partial charge in [-0.05, 0) is 66.2 Å². The Morgan fingerprint density at radius 3 is 2.03 bits per heavy atom. The Labute approximate surface area is 204 Å². The largest absolute Gasteiger partial charge is 0.466 e. The van der Waals surface area contributed by atoms with E-state index in [1.165, 1.54) is 0 Å². The normalized spacial score (nSPS) is 27.3. The van der Waals surface area contributed by atoms with Gasteiger partial charge in [0.1, 0.15) is 12.3 Å². The number of alkyl halides is 1. The molecule has 9 heteroatoms. The standard InChI is InChI=1S/C25H44FN3O5/c1-5-32-22(30)20-8-10-21(11-9-20)33-25(28-13-6-7-14-28,23(31)34-24(2,3)4)29-18-16-27(15-12-26)17-19-29/h20-21H,5-19H2,1-4H3. The third kappa shape index (κ3) is 6.68. The summed E-state index contributed by atoms with van der Waals surface area (Å²) in [5.41, 5.74) is -0.650. The van der Waals surface area contributed by atoms with Crippen molar-refractivity contribution < 1.29 is 28.2 Å². The lowest BCUT2D eigenvalue weighted by Gasteiger charge is -2.51. The SMILES string of the molecule is CCOC(=O)C1CCC(OC(C(=O)OC(C)(C)C)(N2CCCC2)N2CCN(CCF)CC2)CC1. The minimum atomic E-state index is -1.30. The van der Waals surface area contributed by atoms with E-state index in [9.17, 15) is 14.0 Å². The summed E-state index contributed by atoms with van der Waals surface area (Å²) in [5.74, 6) is -1.91. The molecule has 0 aromatic carbocycles. The van der Waals surface area contributed by atoms with Gasteiger partial charge in [0, 0.05) is 45.8 Å². The van der Waals surface area contributed by atoms with Crippen molar-refractivity contribution in [2.45, 2.75) is 83.8 Å². The van der Waals surface area contributed by atoms with Gasteiger partial charge in [-0.2, -0.15) is 0 Å². The molecular weight excluding hydrogens is 441 g/mol. The Bertz CT molecular complexity index is 666. The molecule has 0 radical (unpaired) electrons. The summed E-state index contributed by atoms with van der Waals surface area (Å²) in [7, 11) is 0. The van der Waals surface area contributed by atoms with Gasteiger partial charge in [-0.3, -0.25) is 19.5 Å². The average molecular weight is 486 g/mol. The van der Waals surface area contributed by atoms with Crippen LogP contribution in [0.2, 0.25) is 0 Å². The van der Waals surface area contributed by atoms with Gasteiger partial charge < -0.3 is 14.2 Å². The van der Waals surface area contributed by atoms with E-state index in [4.69, 9.17) is 14.2 Å². The van der Waals surface area contributed by atoms with Crippen LogP contribution in [0.1, 0.15) is 66.2 Å². The molecule has 0 bridgehead atoms. The number of nitrogens with zero attached hydrogens (tertiary/aromatic N) is 3. The Kier molecular flexibility index (Phi) is 9.72. The first-order valence-corrected chi connectivity index (χ1v) is 13.1. The highest BCUT2D eigenvalue weighted by Crippen LogP contribution is 2.36. The molecule has 3 fully saturated rings. The molecule has 0 spiro atoms. The third-order valence-electron chi connectivity index (χ3n) is 7.03. The number of likely N-dealkylation sites (tertiary alicyclic amines) is 1. The quantitative estimate of drug-likeness (QED) is 0.462. The van der Waals surface area contributed by atoms with Gasteiger partial charge in [0.05, 0.1) is 18.6 Å². The van der Waals surface area contributed by atoms with Crippen LogP contribution in [0.4, 0.5) is 4.39 Å². The lowest BCUT2D eigenvalue weighted by Crippen LogP contribution is -2.71. The summed E-state index contributed by atoms with van der Waals surface area (Å²) in [6, 6.07) is 0. The number of hydrogen-bond acceptors (Lipinski definition) is 8. The molecule has 0 N–H and O–H groups in total. The van der Waals surface area contributed by atoms with Crippen molar-refractivity contribution in [1.82, 2.24) is 14.7 Å². The zero-order chi connectivity index (χ0) is 24.8. The van der Waals surface area contributed by atoms with Crippen LogP contribution in [0.15, 0.2) is 0 Å². The fourth-order valence-electron chi connectivity index (χ4n) is 5.32. The summed E-state index contributed by atoms with van der Waals surface area (Å²) < 4.78 is 30.9. The number of rotatable bonds is 9. The van der Waals surface area contributed by atoms with Crippen LogP contribution < -0.4 is 0 Å². The molecule has 1 aliphatic carbocycles. The Morgan fingerprint density at radius 2 is 1.50 bits per heavy atom. The number of piperazine rings is 1. The highest BCUT2D eigenvalue weighted by Gasteiger charge is 2.55. The number of carbonyl (C=O) groups excluding carboxylic acids is 2. The molecule has 196 valence electrons. The second-order valence-electron chi connectivity index (χ2n) is 10.7. The van der Waals surface area contributed by atoms with Crippen molar-refractivity contribution in [3.8, 4) is 0 Å². The lowest BCUT2D eigenvalue weighted by molar-refractivity contribution is -0.281. The Hall–Kier alpha value is -1.29. The van der Waals surface area contributed by atoms with E-state index in [0.29, 0.717) is 65.0 Å². The minimum Gasteiger partial charge on any atom is -0.466 e. The van der Waals surface area contributed by atoms with E-state index in [2.05, 4.69) is 14.7 Å². The van der Waals surface area contributed by atoms with E-state index >= 15 is 0 Å². The smallest absolute Gasteiger partial charge is 0.371 e. The van der Waals surface area contributed by atoms with Crippen LogP contribution in [-0.2, 0) is 23.8 Å². The molecule has 2 heterocycles. The molecule has 1 atom stereocenters. The van der Waals surface area contributed by atoms with E-state index in [-0.39, 0.29) is 30.6 Å². The zero-order valence-electron chi connectivity index (χ0n) is 21.5. The Morgan fingerprint density at radius 1 is 0.912 bits per heavy atom. The first-order valence-electron chi connectivity index (χ1n) is 13.1. The predicted molar refractivity (Wildman–Crippen MR) is 127 cm³/mol. The van der Waals surface area contributed by atoms with Gasteiger partial charge in [0.15, 0.2) is 0 Å². The van der Waals surface area contributed by atoms with Crippen LogP contribution in [0.3, 0.4) is 0 Å². The third-order valence-corrected chi connectivity index (χ3v) is 7.03. The fraction of sp³-hybridized carbons (Fsp3) is 0.920. The fourth-order valence-corrected chi connectivity index (χ4v) is 5.32. The van der Waals surface area contributed by atoms with Crippen molar-refractivity contribution in [2.24, 2.45) is 5.92 Å². The summed E-state index contributed by atoms with van der Waals surface area (Å²) >= 11 is 0. The first kappa shape index (κ1) is 27.3. The van der Waals surface area contributed by atoms with Crippen LogP contribution in [0.25, 0.3) is 0 Å². The molecule has 3 rings (SSSR count). The highest BCUT2D eigenvalue weighted by atomic mass is 19.1. The number of halogens is 1. The van der Waals surface area contributed by atoms with Crippen molar-refractivity contribution in [1.29, 1.82) is 0 Å². The number of ether oxygens (including phenoxy) is 3. The second kappa shape index (κ2) is 12.1. The van der Waals surface area contributed by atoms with Crippen LogP contribution >= 0.6 is 0 Å². The van der Waals surface area contributed by atoms with Gasteiger partial charge in [0.25, 0.3) is 5.85 Å². The number of esters is 2. The van der Waals surface area contributed by atoms with Crippen LogP contribution in [-0.4, -0.2) is 103 Å². The molecular formula is C25H44FN3O5. The maximum Gasteiger partial charge on any atom is 0.371 e. The van der Waals surface area contributed by atoms with E-state index in [1.54, 1.807) is 0 Å². The molecule has 2 saturated heterocycles. The van der Waals surface area contributed by atoms with Crippen LogP contribution in [0, 0.1) is 5.92 Å². The summed E-state index contributed by atoms with van der Waals surface area (Å²) in [5, 5.41) is 0. The highest BCUT2D eigenvalue weighted by molar-refractivity contribution is 5.79. The summed E-state index contributed by atoms with van der Waals surface area (Å²) in [4.78, 5) is 32.5. The molecule has 1 unspecified atom stereocenters. The second-order valence-corrected chi connectivity index (χ2v) is 10.7. The molecule has 34 heavy (non-hydrogen) atoms. The van der Waals surface area contributed by atoms with Crippen molar-refractivity contribution in [2.75, 3.05) is 59.1 Å². The first-order chi connectivity index (χ1) is 16.2. The lowest BCUT2D eigenvalue weighted by atomic mass is 9.87. The number of hydrogen-bond donors (Lipinski definition) is 0. The van der Waals surface area contributed by atoms with Crippen molar-refractivity contribution >= 4 is 11.9 Å². The van der Waals surface area contributed by atoms with E-state index < -0.39 is 11.4 Å². The molecule has 0 amide bonds. The molecule has 8 nitrogen and oxygen atoms in total. The van der Waals surface area contributed by atoms with Gasteiger partial charge >= 0.3 is 11.9 Å². The van der Waals surface area contributed by atoms with Gasteiger partial charge in [-0.25, -0.2) is 9.18 Å². The topological polar surface area (TPSA) is 71.5 Å². The molecule has 3 aliphatic rings. The monoisotopic (exact) mass is 485 g/mol. The molecule has 2 aliphatic heterocycles. The number of carbonyl (C=O) groups is 2. The predicted octanol–water partition coefficient (Wildman–Crippen LogP) is 2.80. The Balaban J connectivity index is 1.83. The van der Waals surface area contributed by atoms with Crippen LogP contribution in [0.5, 0.6) is 0 Å². The maximum atomic E-state index is 13.9. The summed E-state index contributed by atoms with van der Waals surface area (Å²) in [6.45, 7) is 12.0. The van der Waals surface area contributed by atoms with Crippen molar-refractivity contribution in [3.05, 3.63) is 0 Å². The molecule has 1 saturated carbocycles. The maximum absolute atomic E-state index is 13.9. The van der Waals surface area contributed by atoms with E-state index in [0.717, 1.165) is 25.9 Å². The van der Waals surface area contributed by atoms with Crippen molar-refractivity contribution in [3.63, 3.8) is 0 Å². The van der Waals surface area contributed by atoms with Gasteiger partial charge in [0.2, 0.25) is 0 Å². The van der Waals surface area contributed by atoms with Gasteiger partial charge in [-0.15, -0.1) is 0 Å². The zero-order valence-corrected chi connectivity index (χ0v) is 21.5. The average Bonchev–Trinajstić information content (AvgIpc) is 3.33. The van der Waals surface area contributed by atoms with Gasteiger partial charge in [-0.1, -0.05) is 0 Å².